The number of aromatic nitrogens is 2. The van der Waals surface area contributed by atoms with Gasteiger partial charge in [0.1, 0.15) is 5.52 Å². The van der Waals surface area contributed by atoms with Crippen LogP contribution in [0.4, 0.5) is 0 Å². The van der Waals surface area contributed by atoms with E-state index in [4.69, 9.17) is 0 Å². The van der Waals surface area contributed by atoms with Gasteiger partial charge >= 0.3 is 0 Å². The fraction of sp³-hybridized carbons (Fsp3) is 0.467. The Morgan fingerprint density at radius 1 is 1.32 bits per heavy atom. The molecule has 0 aliphatic carbocycles. The predicted molar refractivity (Wildman–Crippen MR) is 76.8 cm³/mol. The smallest absolute Gasteiger partial charge is 0.258 e. The molecule has 0 saturated heterocycles. The molecule has 1 N–H and O–H groups in total. The van der Waals surface area contributed by atoms with E-state index < -0.39 is 0 Å². The monoisotopic (exact) mass is 260 g/mol. The molecular formula is C15H20N2O2. The second-order valence-electron chi connectivity index (χ2n) is 6.10. The lowest BCUT2D eigenvalue weighted by Gasteiger charge is -2.26. The number of hydrogen-bond donors (Lipinski definition) is 1. The molecule has 2 aromatic heterocycles. The number of fused-ring (bicyclic) bond motifs is 1. The Hall–Kier alpha value is -1.84. The molecule has 0 atom stereocenters. The van der Waals surface area contributed by atoms with Crippen LogP contribution >= 0.6 is 0 Å². The van der Waals surface area contributed by atoms with Crippen molar-refractivity contribution in [3.63, 3.8) is 0 Å². The quantitative estimate of drug-likeness (QED) is 0.857. The minimum absolute atomic E-state index is 0.0103. The van der Waals surface area contributed by atoms with E-state index in [9.17, 15) is 9.90 Å². The topological polar surface area (TPSA) is 55.1 Å². The van der Waals surface area contributed by atoms with Crippen molar-refractivity contribution in [2.45, 2.75) is 46.1 Å². The molecule has 19 heavy (non-hydrogen) atoms. The summed E-state index contributed by atoms with van der Waals surface area (Å²) in [6.07, 6.45) is 1.63. The molecule has 102 valence electrons. The van der Waals surface area contributed by atoms with Gasteiger partial charge in [0.15, 0.2) is 5.75 Å². The summed E-state index contributed by atoms with van der Waals surface area (Å²) in [5, 5.41) is 10.3. The van der Waals surface area contributed by atoms with Gasteiger partial charge in [0, 0.05) is 11.7 Å². The average Bonchev–Trinajstić information content (AvgIpc) is 2.26. The van der Waals surface area contributed by atoms with Gasteiger partial charge in [-0.25, -0.2) is 0 Å². The molecule has 0 bridgehead atoms. The van der Waals surface area contributed by atoms with Crippen LogP contribution in [-0.4, -0.2) is 14.7 Å². The van der Waals surface area contributed by atoms with Crippen molar-refractivity contribution >= 4 is 11.0 Å². The molecule has 0 aromatic carbocycles. The molecular weight excluding hydrogens is 240 g/mol. The van der Waals surface area contributed by atoms with Gasteiger partial charge in [0.25, 0.3) is 5.56 Å². The molecule has 2 aromatic rings. The minimum Gasteiger partial charge on any atom is -0.505 e. The van der Waals surface area contributed by atoms with E-state index in [0.29, 0.717) is 16.6 Å². The van der Waals surface area contributed by atoms with Crippen LogP contribution in [0.3, 0.4) is 0 Å². The standard InChI is InChI=1S/C15H20N2O2/c1-9(2)11-13(18)12-10(7-6-8-16-12)17(14(11)19)15(3,4)5/h6-9,18H,1-5H3. The zero-order chi connectivity index (χ0) is 14.4. The van der Waals surface area contributed by atoms with Crippen molar-refractivity contribution in [3.8, 4) is 5.75 Å². The highest BCUT2D eigenvalue weighted by atomic mass is 16.3. The van der Waals surface area contributed by atoms with Gasteiger partial charge < -0.3 is 9.67 Å². The van der Waals surface area contributed by atoms with Gasteiger partial charge in [0.2, 0.25) is 0 Å². The van der Waals surface area contributed by atoms with E-state index in [0.717, 1.165) is 0 Å². The average molecular weight is 260 g/mol. The maximum Gasteiger partial charge on any atom is 0.258 e. The van der Waals surface area contributed by atoms with Crippen LogP contribution in [0.25, 0.3) is 11.0 Å². The van der Waals surface area contributed by atoms with Crippen LogP contribution in [0.5, 0.6) is 5.75 Å². The highest BCUT2D eigenvalue weighted by Gasteiger charge is 2.25. The number of pyridine rings is 2. The molecule has 0 radical (unpaired) electrons. The third kappa shape index (κ3) is 2.11. The van der Waals surface area contributed by atoms with Crippen molar-refractivity contribution in [3.05, 3.63) is 34.2 Å². The second kappa shape index (κ2) is 4.37. The maximum absolute atomic E-state index is 12.7. The largest absolute Gasteiger partial charge is 0.505 e. The first kappa shape index (κ1) is 13.6. The summed E-state index contributed by atoms with van der Waals surface area (Å²) in [4.78, 5) is 16.9. The molecule has 0 spiro atoms. The molecule has 0 amide bonds. The summed E-state index contributed by atoms with van der Waals surface area (Å²) in [7, 11) is 0. The number of nitrogens with zero attached hydrogens (tertiary/aromatic N) is 2. The molecule has 0 aliphatic heterocycles. The van der Waals surface area contributed by atoms with Crippen LogP contribution in [0.1, 0.15) is 46.1 Å². The van der Waals surface area contributed by atoms with Crippen molar-refractivity contribution in [2.75, 3.05) is 0 Å². The molecule has 4 nitrogen and oxygen atoms in total. The predicted octanol–water partition coefficient (Wildman–Crippen LogP) is 2.98. The Morgan fingerprint density at radius 3 is 2.47 bits per heavy atom. The first-order chi connectivity index (χ1) is 8.75. The lowest BCUT2D eigenvalue weighted by Crippen LogP contribution is -2.36. The van der Waals surface area contributed by atoms with Gasteiger partial charge in [-0.05, 0) is 38.8 Å². The molecule has 0 fully saturated rings. The molecule has 0 saturated carbocycles. The number of hydrogen-bond acceptors (Lipinski definition) is 3. The summed E-state index contributed by atoms with van der Waals surface area (Å²) in [5.41, 5.74) is 1.08. The van der Waals surface area contributed by atoms with Crippen LogP contribution in [-0.2, 0) is 5.54 Å². The summed E-state index contributed by atoms with van der Waals surface area (Å²) in [6.45, 7) is 9.72. The van der Waals surface area contributed by atoms with Gasteiger partial charge in [-0.2, -0.15) is 0 Å². The second-order valence-corrected chi connectivity index (χ2v) is 6.10. The van der Waals surface area contributed by atoms with Gasteiger partial charge in [-0.1, -0.05) is 13.8 Å². The first-order valence-electron chi connectivity index (χ1n) is 6.48. The summed E-state index contributed by atoms with van der Waals surface area (Å²) in [6, 6.07) is 3.59. The summed E-state index contributed by atoms with van der Waals surface area (Å²) >= 11 is 0. The lowest BCUT2D eigenvalue weighted by atomic mass is 10.00. The van der Waals surface area contributed by atoms with Crippen LogP contribution in [0, 0.1) is 0 Å². The zero-order valence-corrected chi connectivity index (χ0v) is 12.1. The third-order valence-electron chi connectivity index (χ3n) is 3.19. The fourth-order valence-corrected chi connectivity index (χ4v) is 2.40. The lowest BCUT2D eigenvalue weighted by molar-refractivity contribution is 0.389. The first-order valence-corrected chi connectivity index (χ1v) is 6.48. The Balaban J connectivity index is 3.06. The van der Waals surface area contributed by atoms with Crippen molar-refractivity contribution in [1.82, 2.24) is 9.55 Å². The van der Waals surface area contributed by atoms with E-state index in [2.05, 4.69) is 4.98 Å². The highest BCUT2D eigenvalue weighted by Crippen LogP contribution is 2.31. The summed E-state index contributed by atoms with van der Waals surface area (Å²) < 4.78 is 1.71. The molecule has 0 aliphatic rings. The van der Waals surface area contributed by atoms with E-state index in [-0.39, 0.29) is 22.8 Å². The normalized spacial score (nSPS) is 12.3. The SMILES string of the molecule is CC(C)c1c(O)c2ncccc2n(C(C)(C)C)c1=O. The van der Waals surface area contributed by atoms with Crippen LogP contribution in [0.2, 0.25) is 0 Å². The summed E-state index contributed by atoms with van der Waals surface area (Å²) in [5.74, 6) is -0.0383. The Kier molecular flexibility index (Phi) is 3.12. The van der Waals surface area contributed by atoms with Crippen molar-refractivity contribution in [2.24, 2.45) is 0 Å². The maximum atomic E-state index is 12.7. The van der Waals surface area contributed by atoms with Crippen molar-refractivity contribution < 1.29 is 5.11 Å². The molecule has 0 unspecified atom stereocenters. The highest BCUT2D eigenvalue weighted by molar-refractivity contribution is 5.82. The Bertz CT molecular complexity index is 679. The van der Waals surface area contributed by atoms with E-state index in [1.807, 2.05) is 40.7 Å². The fourth-order valence-electron chi connectivity index (χ4n) is 2.40. The zero-order valence-electron chi connectivity index (χ0n) is 12.1. The van der Waals surface area contributed by atoms with E-state index in [1.165, 1.54) is 0 Å². The van der Waals surface area contributed by atoms with Gasteiger partial charge in [-0.3, -0.25) is 9.78 Å². The van der Waals surface area contributed by atoms with Crippen LogP contribution in [0.15, 0.2) is 23.1 Å². The third-order valence-corrected chi connectivity index (χ3v) is 3.19. The molecule has 4 heteroatoms. The Morgan fingerprint density at radius 2 is 1.95 bits per heavy atom. The molecule has 2 rings (SSSR count). The number of aromatic hydroxyl groups is 1. The minimum atomic E-state index is -0.365. The van der Waals surface area contributed by atoms with Crippen molar-refractivity contribution in [1.29, 1.82) is 0 Å². The Labute approximate surface area is 112 Å². The van der Waals surface area contributed by atoms with E-state index >= 15 is 0 Å². The van der Waals surface area contributed by atoms with E-state index in [1.54, 1.807) is 16.8 Å². The number of rotatable bonds is 1. The van der Waals surface area contributed by atoms with Crippen LogP contribution < -0.4 is 5.56 Å². The van der Waals surface area contributed by atoms with Gasteiger partial charge in [-0.15, -0.1) is 0 Å². The van der Waals surface area contributed by atoms with Gasteiger partial charge in [0.05, 0.1) is 11.1 Å². The molecule has 2 heterocycles.